The zero-order valence-corrected chi connectivity index (χ0v) is 10.6. The molecule has 2 aromatic rings. The van der Waals surface area contributed by atoms with Crippen LogP contribution in [0.3, 0.4) is 0 Å². The van der Waals surface area contributed by atoms with Crippen LogP contribution >= 0.6 is 22.9 Å². The molecule has 0 spiro atoms. The summed E-state index contributed by atoms with van der Waals surface area (Å²) in [5.74, 6) is -1.05. The Balaban J connectivity index is 2.02. The molecule has 1 aromatic heterocycles. The number of hydrogen-bond donors (Lipinski definition) is 1. The predicted octanol–water partition coefficient (Wildman–Crippen LogP) is 3.82. The fraction of sp³-hybridized carbons (Fsp3) is 0.0833. The van der Waals surface area contributed by atoms with Gasteiger partial charge in [-0.25, -0.2) is 9.18 Å². The first-order valence-corrected chi connectivity index (χ1v) is 6.20. The summed E-state index contributed by atoms with van der Waals surface area (Å²) in [4.78, 5) is 10.9. The Morgan fingerprint density at radius 1 is 1.44 bits per heavy atom. The maximum atomic E-state index is 13.2. The smallest absolute Gasteiger partial charge is 0.346 e. The largest absolute Gasteiger partial charge is 0.488 e. The number of benzene rings is 1. The van der Waals surface area contributed by atoms with Crippen LogP contribution in [0.2, 0.25) is 5.02 Å². The van der Waals surface area contributed by atoms with E-state index in [1.54, 1.807) is 11.4 Å². The number of carboxylic acid groups (broad SMARTS) is 1. The van der Waals surface area contributed by atoms with Crippen LogP contribution in [-0.4, -0.2) is 11.1 Å². The molecule has 94 valence electrons. The summed E-state index contributed by atoms with van der Waals surface area (Å²) in [6.45, 7) is 0.157. The summed E-state index contributed by atoms with van der Waals surface area (Å²) >= 11 is 6.64. The molecule has 0 atom stereocenters. The van der Waals surface area contributed by atoms with E-state index in [1.165, 1.54) is 18.2 Å². The molecule has 0 unspecified atom stereocenters. The Bertz CT molecular complexity index is 582. The molecule has 18 heavy (non-hydrogen) atoms. The average molecular weight is 287 g/mol. The Kier molecular flexibility index (Phi) is 3.84. The molecule has 1 aromatic carbocycles. The highest BCUT2D eigenvalue weighted by Gasteiger charge is 2.08. The molecule has 1 N–H and O–H groups in total. The van der Waals surface area contributed by atoms with Crippen LogP contribution in [0, 0.1) is 5.82 Å². The van der Waals surface area contributed by atoms with Gasteiger partial charge in [0, 0.05) is 11.4 Å². The predicted molar refractivity (Wildman–Crippen MR) is 67.0 cm³/mol. The van der Waals surface area contributed by atoms with Crippen molar-refractivity contribution in [3.05, 3.63) is 50.9 Å². The van der Waals surface area contributed by atoms with Gasteiger partial charge in [0.05, 0.1) is 5.02 Å². The Labute approximate surface area is 111 Å². The molecule has 0 bridgehead atoms. The first-order valence-electron chi connectivity index (χ1n) is 4.95. The molecule has 6 heteroatoms. The van der Waals surface area contributed by atoms with Crippen molar-refractivity contribution in [3.63, 3.8) is 0 Å². The number of carbonyl (C=O) groups is 1. The van der Waals surface area contributed by atoms with Crippen molar-refractivity contribution in [2.45, 2.75) is 6.61 Å². The van der Waals surface area contributed by atoms with E-state index in [4.69, 9.17) is 21.4 Å². The molecule has 0 aliphatic heterocycles. The van der Waals surface area contributed by atoms with Gasteiger partial charge in [-0.1, -0.05) is 17.7 Å². The van der Waals surface area contributed by atoms with Gasteiger partial charge in [0.1, 0.15) is 23.1 Å². The topological polar surface area (TPSA) is 46.5 Å². The highest BCUT2D eigenvalue weighted by atomic mass is 35.5. The minimum Gasteiger partial charge on any atom is -0.488 e. The summed E-state index contributed by atoms with van der Waals surface area (Å²) in [5, 5.41) is 10.4. The van der Waals surface area contributed by atoms with E-state index in [1.807, 2.05) is 0 Å². The zero-order valence-electron chi connectivity index (χ0n) is 9.02. The maximum absolute atomic E-state index is 13.2. The van der Waals surface area contributed by atoms with Gasteiger partial charge in [-0.15, -0.1) is 11.3 Å². The van der Waals surface area contributed by atoms with Crippen LogP contribution in [0.4, 0.5) is 4.39 Å². The van der Waals surface area contributed by atoms with Gasteiger partial charge in [-0.05, 0) is 17.7 Å². The minimum atomic E-state index is -0.993. The second-order valence-electron chi connectivity index (χ2n) is 3.49. The van der Waals surface area contributed by atoms with Crippen LogP contribution in [0.5, 0.6) is 5.75 Å². The molecule has 2 rings (SSSR count). The normalized spacial score (nSPS) is 10.3. The van der Waals surface area contributed by atoms with E-state index in [0.29, 0.717) is 11.3 Å². The SMILES string of the molecule is O=C(O)c1cc(OCc2ccc(Cl)c(F)c2)cs1. The summed E-state index contributed by atoms with van der Waals surface area (Å²) in [6.07, 6.45) is 0. The van der Waals surface area contributed by atoms with Crippen LogP contribution in [-0.2, 0) is 6.61 Å². The third-order valence-corrected chi connectivity index (χ3v) is 3.38. The molecule has 0 fully saturated rings. The summed E-state index contributed by atoms with van der Waals surface area (Å²) in [5.41, 5.74) is 0.625. The highest BCUT2D eigenvalue weighted by molar-refractivity contribution is 7.12. The van der Waals surface area contributed by atoms with Gasteiger partial charge in [-0.2, -0.15) is 0 Å². The average Bonchev–Trinajstić information content (AvgIpc) is 2.79. The Hall–Kier alpha value is -1.59. The number of hydrogen-bond acceptors (Lipinski definition) is 3. The van der Waals surface area contributed by atoms with E-state index in [9.17, 15) is 9.18 Å². The quantitative estimate of drug-likeness (QED) is 0.929. The number of rotatable bonds is 4. The lowest BCUT2D eigenvalue weighted by Crippen LogP contribution is -1.95. The van der Waals surface area contributed by atoms with Crippen LogP contribution in [0.25, 0.3) is 0 Å². The lowest BCUT2D eigenvalue weighted by Gasteiger charge is -2.04. The van der Waals surface area contributed by atoms with Crippen molar-refractivity contribution in [1.29, 1.82) is 0 Å². The number of halogens is 2. The second-order valence-corrected chi connectivity index (χ2v) is 4.81. The highest BCUT2D eigenvalue weighted by Crippen LogP contribution is 2.23. The van der Waals surface area contributed by atoms with E-state index < -0.39 is 11.8 Å². The molecule has 0 saturated heterocycles. The first kappa shape index (κ1) is 12.9. The lowest BCUT2D eigenvalue weighted by atomic mass is 10.2. The number of ether oxygens (including phenoxy) is 1. The molecule has 0 saturated carbocycles. The third-order valence-electron chi connectivity index (χ3n) is 2.18. The van der Waals surface area contributed by atoms with Crippen molar-refractivity contribution in [2.75, 3.05) is 0 Å². The number of carboxylic acids is 1. The Morgan fingerprint density at radius 3 is 2.83 bits per heavy atom. The minimum absolute atomic E-state index is 0.0578. The molecule has 0 aliphatic rings. The van der Waals surface area contributed by atoms with Crippen LogP contribution in [0.15, 0.2) is 29.6 Å². The van der Waals surface area contributed by atoms with Crippen molar-refractivity contribution in [2.24, 2.45) is 0 Å². The van der Waals surface area contributed by atoms with Crippen LogP contribution < -0.4 is 4.74 Å². The van der Waals surface area contributed by atoms with Crippen molar-refractivity contribution in [3.8, 4) is 5.75 Å². The van der Waals surface area contributed by atoms with E-state index in [2.05, 4.69) is 0 Å². The van der Waals surface area contributed by atoms with Crippen molar-refractivity contribution < 1.29 is 19.0 Å². The van der Waals surface area contributed by atoms with Gasteiger partial charge in [-0.3, -0.25) is 0 Å². The molecule has 3 nitrogen and oxygen atoms in total. The van der Waals surface area contributed by atoms with E-state index in [0.717, 1.165) is 11.3 Å². The molecule has 1 heterocycles. The van der Waals surface area contributed by atoms with E-state index in [-0.39, 0.29) is 16.5 Å². The molecule has 0 amide bonds. The Morgan fingerprint density at radius 2 is 2.22 bits per heavy atom. The number of aromatic carboxylic acids is 1. The fourth-order valence-electron chi connectivity index (χ4n) is 1.30. The van der Waals surface area contributed by atoms with Gasteiger partial charge >= 0.3 is 5.97 Å². The molecule has 0 aliphatic carbocycles. The van der Waals surface area contributed by atoms with Gasteiger partial charge in [0.15, 0.2) is 0 Å². The van der Waals surface area contributed by atoms with Gasteiger partial charge in [0.2, 0.25) is 0 Å². The molecular weight excluding hydrogens is 279 g/mol. The van der Waals surface area contributed by atoms with Gasteiger partial charge in [0.25, 0.3) is 0 Å². The fourth-order valence-corrected chi connectivity index (χ4v) is 2.08. The second kappa shape index (κ2) is 5.37. The molecule has 0 radical (unpaired) electrons. The van der Waals surface area contributed by atoms with Gasteiger partial charge < -0.3 is 9.84 Å². The summed E-state index contributed by atoms with van der Waals surface area (Å²) < 4.78 is 18.5. The van der Waals surface area contributed by atoms with Crippen LogP contribution in [0.1, 0.15) is 15.2 Å². The zero-order chi connectivity index (χ0) is 13.1. The first-order chi connectivity index (χ1) is 8.56. The third kappa shape index (κ3) is 3.00. The van der Waals surface area contributed by atoms with Crippen molar-refractivity contribution >= 4 is 28.9 Å². The maximum Gasteiger partial charge on any atom is 0.346 e. The summed E-state index contributed by atoms with van der Waals surface area (Å²) in [6, 6.07) is 5.81. The van der Waals surface area contributed by atoms with Crippen molar-refractivity contribution in [1.82, 2.24) is 0 Å². The molecular formula is C12H8ClFO3S. The standard InChI is InChI=1S/C12H8ClFO3S/c13-9-2-1-7(3-10(9)14)5-17-8-4-11(12(15)16)18-6-8/h1-4,6H,5H2,(H,15,16). The summed E-state index contributed by atoms with van der Waals surface area (Å²) in [7, 11) is 0. The lowest BCUT2D eigenvalue weighted by molar-refractivity contribution is 0.0702. The monoisotopic (exact) mass is 286 g/mol. The van der Waals surface area contributed by atoms with E-state index >= 15 is 0 Å². The number of thiophene rings is 1.